The Labute approximate surface area is 175 Å². The van der Waals surface area contributed by atoms with E-state index in [1.807, 2.05) is 19.1 Å². The number of carbonyl (C=O) groups is 1. The molecule has 0 radical (unpaired) electrons. The van der Waals surface area contributed by atoms with Crippen LogP contribution in [0.4, 0.5) is 0 Å². The highest BCUT2D eigenvalue weighted by molar-refractivity contribution is 5.90. The van der Waals surface area contributed by atoms with Gasteiger partial charge in [0.15, 0.2) is 11.5 Å². The SMILES string of the molecule is COc1cc(C(=O)OCc2cc(=O)n3c(C)cccc3n2)ccc1OCCC(C)C. The number of rotatable bonds is 8. The summed E-state index contributed by atoms with van der Waals surface area (Å²) < 4.78 is 17.9. The van der Waals surface area contributed by atoms with Crippen LogP contribution in [-0.4, -0.2) is 29.1 Å². The Morgan fingerprint density at radius 3 is 2.67 bits per heavy atom. The number of nitrogens with zero attached hydrogens (tertiary/aromatic N) is 2. The van der Waals surface area contributed by atoms with Crippen molar-refractivity contribution < 1.29 is 19.0 Å². The third-order valence-electron chi connectivity index (χ3n) is 4.64. The fourth-order valence-electron chi connectivity index (χ4n) is 2.98. The van der Waals surface area contributed by atoms with Crippen molar-refractivity contribution in [1.29, 1.82) is 0 Å². The molecular weight excluding hydrogens is 384 g/mol. The quantitative estimate of drug-likeness (QED) is 0.526. The minimum Gasteiger partial charge on any atom is -0.493 e. The van der Waals surface area contributed by atoms with Crippen LogP contribution < -0.4 is 15.0 Å². The predicted molar refractivity (Wildman–Crippen MR) is 113 cm³/mol. The zero-order valence-electron chi connectivity index (χ0n) is 17.7. The van der Waals surface area contributed by atoms with Crippen molar-refractivity contribution in [2.75, 3.05) is 13.7 Å². The predicted octanol–water partition coefficient (Wildman–Crippen LogP) is 3.79. The Bertz CT molecular complexity index is 1100. The Balaban J connectivity index is 1.70. The summed E-state index contributed by atoms with van der Waals surface area (Å²) in [4.78, 5) is 29.2. The molecule has 3 aromatic rings. The van der Waals surface area contributed by atoms with E-state index in [9.17, 15) is 9.59 Å². The standard InChI is InChI=1S/C23H26N2O5/c1-15(2)10-11-29-19-9-8-17(12-20(19)28-4)23(27)30-14-18-13-22(26)25-16(3)6-5-7-21(25)24-18/h5-9,12-13,15H,10-11,14H2,1-4H3. The average molecular weight is 410 g/mol. The van der Waals surface area contributed by atoms with Crippen LogP contribution >= 0.6 is 0 Å². The van der Waals surface area contributed by atoms with Crippen molar-refractivity contribution in [3.63, 3.8) is 0 Å². The minimum absolute atomic E-state index is 0.104. The number of ether oxygens (including phenoxy) is 3. The lowest BCUT2D eigenvalue weighted by Gasteiger charge is -2.13. The first-order chi connectivity index (χ1) is 14.4. The monoisotopic (exact) mass is 410 g/mol. The summed E-state index contributed by atoms with van der Waals surface area (Å²) in [5, 5.41) is 0. The Morgan fingerprint density at radius 1 is 1.13 bits per heavy atom. The second-order valence-corrected chi connectivity index (χ2v) is 7.42. The lowest BCUT2D eigenvalue weighted by atomic mass is 10.1. The zero-order valence-corrected chi connectivity index (χ0v) is 17.7. The topological polar surface area (TPSA) is 79.1 Å². The molecule has 2 heterocycles. The van der Waals surface area contributed by atoms with Crippen molar-refractivity contribution in [1.82, 2.24) is 9.38 Å². The molecule has 0 bridgehead atoms. The molecule has 0 spiro atoms. The maximum absolute atomic E-state index is 12.5. The van der Waals surface area contributed by atoms with E-state index < -0.39 is 5.97 Å². The van der Waals surface area contributed by atoms with Gasteiger partial charge in [-0.05, 0) is 49.6 Å². The van der Waals surface area contributed by atoms with Gasteiger partial charge in [-0.15, -0.1) is 0 Å². The summed E-state index contributed by atoms with van der Waals surface area (Å²) in [7, 11) is 1.52. The van der Waals surface area contributed by atoms with Crippen molar-refractivity contribution in [2.45, 2.75) is 33.8 Å². The molecule has 3 rings (SSSR count). The Hall–Kier alpha value is -3.35. The smallest absolute Gasteiger partial charge is 0.338 e. The van der Waals surface area contributed by atoms with Crippen LogP contribution in [0.3, 0.4) is 0 Å². The van der Waals surface area contributed by atoms with Gasteiger partial charge in [0.05, 0.1) is 25.0 Å². The van der Waals surface area contributed by atoms with Gasteiger partial charge in [-0.1, -0.05) is 19.9 Å². The van der Waals surface area contributed by atoms with Crippen LogP contribution in [0, 0.1) is 12.8 Å². The van der Waals surface area contributed by atoms with Gasteiger partial charge in [-0.3, -0.25) is 9.20 Å². The van der Waals surface area contributed by atoms with E-state index in [0.717, 1.165) is 12.1 Å². The number of pyridine rings is 1. The van der Waals surface area contributed by atoms with E-state index in [4.69, 9.17) is 14.2 Å². The second kappa shape index (κ2) is 9.43. The number of fused-ring (bicyclic) bond motifs is 1. The molecule has 0 unspecified atom stereocenters. The van der Waals surface area contributed by atoms with Gasteiger partial charge in [0.25, 0.3) is 5.56 Å². The molecule has 0 aliphatic carbocycles. The van der Waals surface area contributed by atoms with Crippen LogP contribution in [0.25, 0.3) is 5.65 Å². The summed E-state index contributed by atoms with van der Waals surface area (Å²) in [6, 6.07) is 11.7. The summed E-state index contributed by atoms with van der Waals surface area (Å²) in [5.74, 6) is 1.04. The third-order valence-corrected chi connectivity index (χ3v) is 4.64. The molecule has 2 aromatic heterocycles. The molecule has 30 heavy (non-hydrogen) atoms. The molecule has 0 aliphatic rings. The summed E-state index contributed by atoms with van der Waals surface area (Å²) in [6.07, 6.45) is 0.922. The summed E-state index contributed by atoms with van der Waals surface area (Å²) in [6.45, 7) is 6.55. The van der Waals surface area contributed by atoms with Gasteiger partial charge >= 0.3 is 5.97 Å². The van der Waals surface area contributed by atoms with Crippen molar-refractivity contribution in [3.05, 3.63) is 69.8 Å². The molecule has 0 amide bonds. The van der Waals surface area contributed by atoms with E-state index in [1.165, 1.54) is 17.6 Å². The highest BCUT2D eigenvalue weighted by Gasteiger charge is 2.14. The van der Waals surface area contributed by atoms with Gasteiger partial charge in [0.2, 0.25) is 0 Å². The zero-order chi connectivity index (χ0) is 21.7. The number of esters is 1. The number of methoxy groups -OCH3 is 1. The maximum atomic E-state index is 12.5. The minimum atomic E-state index is -0.534. The van der Waals surface area contributed by atoms with Crippen molar-refractivity contribution >= 4 is 11.6 Å². The highest BCUT2D eigenvalue weighted by Crippen LogP contribution is 2.28. The normalized spacial score (nSPS) is 11.0. The lowest BCUT2D eigenvalue weighted by molar-refractivity contribution is 0.0467. The molecule has 0 N–H and O–H groups in total. The molecule has 0 saturated heterocycles. The molecular formula is C23H26N2O5. The van der Waals surface area contributed by atoms with Crippen LogP contribution in [0.2, 0.25) is 0 Å². The molecule has 0 fully saturated rings. The molecule has 0 atom stereocenters. The first kappa shape index (κ1) is 21.4. The fourth-order valence-corrected chi connectivity index (χ4v) is 2.98. The van der Waals surface area contributed by atoms with Gasteiger partial charge in [-0.2, -0.15) is 0 Å². The van der Waals surface area contributed by atoms with Crippen LogP contribution in [0.1, 0.15) is 42.0 Å². The van der Waals surface area contributed by atoms with Gasteiger partial charge < -0.3 is 14.2 Å². The summed E-state index contributed by atoms with van der Waals surface area (Å²) >= 11 is 0. The van der Waals surface area contributed by atoms with Crippen molar-refractivity contribution in [2.24, 2.45) is 5.92 Å². The number of aryl methyl sites for hydroxylation is 1. The lowest BCUT2D eigenvalue weighted by Crippen LogP contribution is -2.18. The van der Waals surface area contributed by atoms with E-state index >= 15 is 0 Å². The van der Waals surface area contributed by atoms with Gasteiger partial charge in [-0.25, -0.2) is 9.78 Å². The van der Waals surface area contributed by atoms with Crippen molar-refractivity contribution in [3.8, 4) is 11.5 Å². The number of benzene rings is 1. The third kappa shape index (κ3) is 4.97. The van der Waals surface area contributed by atoms with E-state index in [0.29, 0.717) is 40.9 Å². The summed E-state index contributed by atoms with van der Waals surface area (Å²) in [5.41, 5.74) is 1.80. The molecule has 0 aliphatic heterocycles. The molecule has 0 saturated carbocycles. The Morgan fingerprint density at radius 2 is 1.93 bits per heavy atom. The fraction of sp³-hybridized carbons (Fsp3) is 0.348. The maximum Gasteiger partial charge on any atom is 0.338 e. The van der Waals surface area contributed by atoms with Gasteiger partial charge in [0.1, 0.15) is 12.3 Å². The largest absolute Gasteiger partial charge is 0.493 e. The average Bonchev–Trinajstić information content (AvgIpc) is 2.71. The Kier molecular flexibility index (Phi) is 6.72. The number of hydrogen-bond acceptors (Lipinski definition) is 6. The second-order valence-electron chi connectivity index (χ2n) is 7.42. The first-order valence-corrected chi connectivity index (χ1v) is 9.85. The van der Waals surface area contributed by atoms with Crippen LogP contribution in [0.15, 0.2) is 47.3 Å². The molecule has 7 nitrogen and oxygen atoms in total. The van der Waals surface area contributed by atoms with Gasteiger partial charge in [0, 0.05) is 11.8 Å². The van der Waals surface area contributed by atoms with E-state index in [1.54, 1.807) is 24.3 Å². The number of hydrogen-bond donors (Lipinski definition) is 0. The molecule has 7 heteroatoms. The number of aromatic nitrogens is 2. The molecule has 158 valence electrons. The highest BCUT2D eigenvalue weighted by atomic mass is 16.5. The van der Waals surface area contributed by atoms with E-state index in [2.05, 4.69) is 18.8 Å². The first-order valence-electron chi connectivity index (χ1n) is 9.85. The van der Waals surface area contributed by atoms with Crippen LogP contribution in [-0.2, 0) is 11.3 Å². The van der Waals surface area contributed by atoms with Crippen LogP contribution in [0.5, 0.6) is 11.5 Å². The van der Waals surface area contributed by atoms with E-state index in [-0.39, 0.29) is 12.2 Å². The molecule has 1 aromatic carbocycles. The number of carbonyl (C=O) groups excluding carboxylic acids is 1.